The van der Waals surface area contributed by atoms with E-state index in [1.54, 1.807) is 0 Å². The van der Waals surface area contributed by atoms with Crippen LogP contribution in [0.3, 0.4) is 0 Å². The number of rotatable bonds is 2. The molecular formula is C11H24FN. The fourth-order valence-corrected chi connectivity index (χ4v) is 2.05. The van der Waals surface area contributed by atoms with Crippen molar-refractivity contribution in [3.63, 3.8) is 0 Å². The second-order valence-electron chi connectivity index (χ2n) is 3.93. The molecule has 2 unspecified atom stereocenters. The van der Waals surface area contributed by atoms with Crippen LogP contribution >= 0.6 is 0 Å². The van der Waals surface area contributed by atoms with Crippen LogP contribution in [-0.2, 0) is 0 Å². The van der Waals surface area contributed by atoms with Gasteiger partial charge in [-0.2, -0.15) is 0 Å². The van der Waals surface area contributed by atoms with Crippen molar-refractivity contribution in [3.8, 4) is 0 Å². The molecule has 0 N–H and O–H groups in total. The summed E-state index contributed by atoms with van der Waals surface area (Å²) in [5.41, 5.74) is 0.133. The van der Waals surface area contributed by atoms with E-state index < -0.39 is 6.17 Å². The second-order valence-corrected chi connectivity index (χ2v) is 3.93. The molecule has 2 atom stereocenters. The molecular weight excluding hydrogens is 165 g/mol. The Labute approximate surface area is 82.3 Å². The van der Waals surface area contributed by atoms with Crippen LogP contribution in [0.15, 0.2) is 0 Å². The van der Waals surface area contributed by atoms with Crippen LogP contribution in [0.1, 0.15) is 47.0 Å². The van der Waals surface area contributed by atoms with E-state index in [4.69, 9.17) is 0 Å². The molecule has 1 aliphatic heterocycles. The summed E-state index contributed by atoms with van der Waals surface area (Å²) in [6.45, 7) is 8.94. The largest absolute Gasteiger partial charge is 0.298 e. The van der Waals surface area contributed by atoms with Crippen molar-refractivity contribution in [2.75, 3.05) is 13.6 Å². The first-order valence-corrected chi connectivity index (χ1v) is 5.44. The summed E-state index contributed by atoms with van der Waals surface area (Å²) in [4.78, 5) is 2.15. The van der Waals surface area contributed by atoms with Crippen molar-refractivity contribution < 1.29 is 4.39 Å². The zero-order valence-electron chi connectivity index (χ0n) is 9.73. The highest BCUT2D eigenvalue weighted by atomic mass is 19.1. The molecule has 80 valence electrons. The molecule has 1 aliphatic rings. The average molecular weight is 189 g/mol. The molecule has 0 aromatic heterocycles. The van der Waals surface area contributed by atoms with Crippen LogP contribution in [0.4, 0.5) is 4.39 Å². The Bertz CT molecular complexity index is 138. The van der Waals surface area contributed by atoms with Gasteiger partial charge in [-0.15, -0.1) is 0 Å². The first-order chi connectivity index (χ1) is 6.08. The minimum absolute atomic E-state index is 0.133. The number of hydrogen-bond donors (Lipinski definition) is 0. The van der Waals surface area contributed by atoms with Gasteiger partial charge < -0.3 is 0 Å². The van der Waals surface area contributed by atoms with Crippen molar-refractivity contribution >= 4 is 0 Å². The third-order valence-corrected chi connectivity index (χ3v) is 2.84. The zero-order chi connectivity index (χ0) is 10.5. The molecule has 2 heteroatoms. The maximum Gasteiger partial charge on any atom is 0.114 e. The topological polar surface area (TPSA) is 3.24 Å². The van der Waals surface area contributed by atoms with Crippen LogP contribution < -0.4 is 0 Å². The molecule has 0 radical (unpaired) electrons. The van der Waals surface area contributed by atoms with Gasteiger partial charge in [0.25, 0.3) is 0 Å². The zero-order valence-corrected chi connectivity index (χ0v) is 9.73. The van der Waals surface area contributed by atoms with E-state index in [0.29, 0.717) is 6.54 Å². The predicted octanol–water partition coefficient (Wildman–Crippen LogP) is 3.25. The first kappa shape index (κ1) is 12.9. The van der Waals surface area contributed by atoms with E-state index in [1.807, 2.05) is 20.9 Å². The standard InChI is InChI=1S/C9H18FN.C2H6/c1-4-5-9(2)6-8(10)7-11(9)3;1-2/h8H,4-7H2,1-3H3;1-2H3. The molecule has 0 spiro atoms. The summed E-state index contributed by atoms with van der Waals surface area (Å²) in [5, 5.41) is 0. The number of likely N-dealkylation sites (tertiary alicyclic amines) is 1. The SMILES string of the molecule is CC.CCCC1(C)CC(F)CN1C. The van der Waals surface area contributed by atoms with Crippen molar-refractivity contribution in [1.29, 1.82) is 0 Å². The lowest BCUT2D eigenvalue weighted by atomic mass is 9.93. The Morgan fingerprint density at radius 2 is 2.00 bits per heavy atom. The molecule has 1 saturated heterocycles. The van der Waals surface area contributed by atoms with Crippen LogP contribution in [0.5, 0.6) is 0 Å². The molecule has 0 saturated carbocycles. The Morgan fingerprint density at radius 1 is 1.46 bits per heavy atom. The van der Waals surface area contributed by atoms with Crippen molar-refractivity contribution in [2.24, 2.45) is 0 Å². The summed E-state index contributed by atoms with van der Waals surface area (Å²) in [5.74, 6) is 0. The Kier molecular flexibility index (Phi) is 5.54. The van der Waals surface area contributed by atoms with Gasteiger partial charge in [-0.3, -0.25) is 4.90 Å². The summed E-state index contributed by atoms with van der Waals surface area (Å²) in [6, 6.07) is 0. The summed E-state index contributed by atoms with van der Waals surface area (Å²) in [7, 11) is 2.02. The van der Waals surface area contributed by atoms with Gasteiger partial charge in [0.1, 0.15) is 6.17 Å². The van der Waals surface area contributed by atoms with Gasteiger partial charge in [0.05, 0.1) is 0 Å². The third-order valence-electron chi connectivity index (χ3n) is 2.84. The van der Waals surface area contributed by atoms with Gasteiger partial charge in [0, 0.05) is 12.1 Å². The molecule has 1 heterocycles. The van der Waals surface area contributed by atoms with E-state index in [1.165, 1.54) is 0 Å². The maximum atomic E-state index is 13.0. The van der Waals surface area contributed by atoms with Gasteiger partial charge in [0.15, 0.2) is 0 Å². The molecule has 1 rings (SSSR count). The summed E-state index contributed by atoms with van der Waals surface area (Å²) >= 11 is 0. The highest BCUT2D eigenvalue weighted by Gasteiger charge is 2.38. The molecule has 0 aliphatic carbocycles. The maximum absolute atomic E-state index is 13.0. The molecule has 13 heavy (non-hydrogen) atoms. The average Bonchev–Trinajstić information content (AvgIpc) is 2.30. The lowest BCUT2D eigenvalue weighted by molar-refractivity contribution is 0.181. The lowest BCUT2D eigenvalue weighted by Gasteiger charge is -2.31. The molecule has 1 fully saturated rings. The van der Waals surface area contributed by atoms with E-state index in [2.05, 4.69) is 18.7 Å². The normalized spacial score (nSPS) is 34.2. The van der Waals surface area contributed by atoms with Crippen molar-refractivity contribution in [2.45, 2.75) is 58.7 Å². The minimum atomic E-state index is -0.600. The lowest BCUT2D eigenvalue weighted by Crippen LogP contribution is -2.37. The van der Waals surface area contributed by atoms with E-state index in [9.17, 15) is 4.39 Å². The highest BCUT2D eigenvalue weighted by molar-refractivity contribution is 4.94. The molecule has 0 amide bonds. The number of hydrogen-bond acceptors (Lipinski definition) is 1. The van der Waals surface area contributed by atoms with Crippen LogP contribution in [0, 0.1) is 0 Å². The summed E-state index contributed by atoms with van der Waals surface area (Å²) in [6.07, 6.45) is 2.38. The number of alkyl halides is 1. The van der Waals surface area contributed by atoms with Gasteiger partial charge >= 0.3 is 0 Å². The fraction of sp³-hybridized carbons (Fsp3) is 1.00. The van der Waals surface area contributed by atoms with Crippen LogP contribution in [0.25, 0.3) is 0 Å². The van der Waals surface area contributed by atoms with Gasteiger partial charge in [-0.05, 0) is 26.8 Å². The Morgan fingerprint density at radius 3 is 2.31 bits per heavy atom. The Hall–Kier alpha value is -0.110. The van der Waals surface area contributed by atoms with Gasteiger partial charge in [-0.25, -0.2) is 4.39 Å². The molecule has 0 aromatic rings. The van der Waals surface area contributed by atoms with Crippen molar-refractivity contribution in [1.82, 2.24) is 4.90 Å². The number of halogens is 1. The van der Waals surface area contributed by atoms with Gasteiger partial charge in [0.2, 0.25) is 0 Å². The molecule has 0 bridgehead atoms. The smallest absolute Gasteiger partial charge is 0.114 e. The van der Waals surface area contributed by atoms with Crippen molar-refractivity contribution in [3.05, 3.63) is 0 Å². The second kappa shape index (κ2) is 5.58. The van der Waals surface area contributed by atoms with E-state index in [0.717, 1.165) is 19.3 Å². The van der Waals surface area contributed by atoms with Crippen LogP contribution in [0.2, 0.25) is 0 Å². The summed E-state index contributed by atoms with van der Waals surface area (Å²) < 4.78 is 13.0. The third kappa shape index (κ3) is 3.26. The van der Waals surface area contributed by atoms with Gasteiger partial charge in [-0.1, -0.05) is 27.2 Å². The predicted molar refractivity (Wildman–Crippen MR) is 56.8 cm³/mol. The fourth-order valence-electron chi connectivity index (χ4n) is 2.05. The molecule has 1 nitrogen and oxygen atoms in total. The monoisotopic (exact) mass is 189 g/mol. The van der Waals surface area contributed by atoms with E-state index in [-0.39, 0.29) is 5.54 Å². The van der Waals surface area contributed by atoms with Crippen LogP contribution in [-0.4, -0.2) is 30.2 Å². The minimum Gasteiger partial charge on any atom is -0.298 e. The van der Waals surface area contributed by atoms with E-state index >= 15 is 0 Å². The number of nitrogens with zero attached hydrogens (tertiary/aromatic N) is 1. The highest BCUT2D eigenvalue weighted by Crippen LogP contribution is 2.32. The quantitative estimate of drug-likeness (QED) is 0.644. The molecule has 0 aromatic carbocycles. The first-order valence-electron chi connectivity index (χ1n) is 5.44. The Balaban J connectivity index is 0.000000671.